The average molecular weight is 304 g/mol. The van der Waals surface area contributed by atoms with Gasteiger partial charge in [0, 0.05) is 32.7 Å². The van der Waals surface area contributed by atoms with Crippen LogP contribution in [0.3, 0.4) is 0 Å². The van der Waals surface area contributed by atoms with Gasteiger partial charge in [-0.1, -0.05) is 18.2 Å². The molecule has 1 unspecified atom stereocenters. The fourth-order valence-corrected chi connectivity index (χ4v) is 3.39. The highest BCUT2D eigenvalue weighted by Crippen LogP contribution is 2.26. The van der Waals surface area contributed by atoms with Crippen molar-refractivity contribution < 1.29 is 9.47 Å². The molecular formula is C18H28N2O2. The molecule has 2 heterocycles. The number of hydrogen-bond acceptors (Lipinski definition) is 4. The zero-order chi connectivity index (χ0) is 15.2. The highest BCUT2D eigenvalue weighted by Gasteiger charge is 2.19. The summed E-state index contributed by atoms with van der Waals surface area (Å²) < 4.78 is 11.3. The Morgan fingerprint density at radius 3 is 2.86 bits per heavy atom. The maximum Gasteiger partial charge on any atom is 0.122 e. The monoisotopic (exact) mass is 304 g/mol. The molecule has 1 fully saturated rings. The topological polar surface area (TPSA) is 24.9 Å². The molecule has 1 aromatic carbocycles. The van der Waals surface area contributed by atoms with E-state index in [9.17, 15) is 0 Å². The molecule has 2 aliphatic rings. The molecule has 0 bridgehead atoms. The first kappa shape index (κ1) is 15.8. The lowest BCUT2D eigenvalue weighted by Crippen LogP contribution is -2.41. The summed E-state index contributed by atoms with van der Waals surface area (Å²) in [5.41, 5.74) is 1.37. The van der Waals surface area contributed by atoms with Gasteiger partial charge in [-0.2, -0.15) is 0 Å². The Hall–Kier alpha value is -1.10. The van der Waals surface area contributed by atoms with Gasteiger partial charge in [0.25, 0.3) is 0 Å². The van der Waals surface area contributed by atoms with Crippen molar-refractivity contribution in [3.8, 4) is 5.75 Å². The molecule has 3 rings (SSSR count). The second-order valence-electron chi connectivity index (χ2n) is 6.53. The standard InChI is InChI=1S/C18H28N2O2/c1-19(7-8-20-9-12-21-13-10-20)15-16-6-11-22-18-5-3-2-4-17(18)14-16/h2-5,16H,6-15H2,1H3. The average Bonchev–Trinajstić information content (AvgIpc) is 2.75. The van der Waals surface area contributed by atoms with Crippen LogP contribution in [0.2, 0.25) is 0 Å². The van der Waals surface area contributed by atoms with Crippen molar-refractivity contribution in [1.82, 2.24) is 9.80 Å². The van der Waals surface area contributed by atoms with E-state index in [1.165, 1.54) is 5.56 Å². The maximum absolute atomic E-state index is 5.87. The normalized spacial score (nSPS) is 22.9. The molecule has 1 aromatic rings. The van der Waals surface area contributed by atoms with E-state index in [0.29, 0.717) is 5.92 Å². The van der Waals surface area contributed by atoms with Gasteiger partial charge >= 0.3 is 0 Å². The number of benzene rings is 1. The summed E-state index contributed by atoms with van der Waals surface area (Å²) in [5, 5.41) is 0. The number of likely N-dealkylation sites (N-methyl/N-ethyl adjacent to an activating group) is 1. The Balaban J connectivity index is 1.45. The molecule has 0 spiro atoms. The number of morpholine rings is 1. The van der Waals surface area contributed by atoms with E-state index in [-0.39, 0.29) is 0 Å². The Bertz CT molecular complexity index is 460. The Kier molecular flexibility index (Phi) is 5.70. The Morgan fingerprint density at radius 1 is 1.18 bits per heavy atom. The van der Waals surface area contributed by atoms with E-state index in [0.717, 1.165) is 71.1 Å². The molecule has 4 heteroatoms. The molecule has 4 nitrogen and oxygen atoms in total. The van der Waals surface area contributed by atoms with Gasteiger partial charge in [-0.25, -0.2) is 0 Å². The third-order valence-electron chi connectivity index (χ3n) is 4.74. The van der Waals surface area contributed by atoms with E-state index in [1.54, 1.807) is 0 Å². The lowest BCUT2D eigenvalue weighted by molar-refractivity contribution is 0.0338. The summed E-state index contributed by atoms with van der Waals surface area (Å²) in [5.74, 6) is 1.78. The van der Waals surface area contributed by atoms with Crippen molar-refractivity contribution in [2.24, 2.45) is 5.92 Å². The van der Waals surface area contributed by atoms with Crippen molar-refractivity contribution in [2.45, 2.75) is 12.8 Å². The Labute approximate surface area is 134 Å². The molecule has 0 amide bonds. The molecule has 22 heavy (non-hydrogen) atoms. The lowest BCUT2D eigenvalue weighted by atomic mass is 9.96. The van der Waals surface area contributed by atoms with Crippen LogP contribution in [0.15, 0.2) is 24.3 Å². The van der Waals surface area contributed by atoms with Crippen LogP contribution >= 0.6 is 0 Å². The van der Waals surface area contributed by atoms with Gasteiger partial charge in [-0.05, 0) is 37.4 Å². The van der Waals surface area contributed by atoms with Crippen LogP contribution in [-0.2, 0) is 11.2 Å². The van der Waals surface area contributed by atoms with Crippen LogP contribution in [0.25, 0.3) is 0 Å². The van der Waals surface area contributed by atoms with Crippen LogP contribution in [0, 0.1) is 5.92 Å². The largest absolute Gasteiger partial charge is 0.493 e. The van der Waals surface area contributed by atoms with Crippen molar-refractivity contribution in [3.05, 3.63) is 29.8 Å². The number of fused-ring (bicyclic) bond motifs is 1. The van der Waals surface area contributed by atoms with E-state index in [2.05, 4.69) is 41.1 Å². The van der Waals surface area contributed by atoms with Gasteiger partial charge in [0.2, 0.25) is 0 Å². The number of hydrogen-bond donors (Lipinski definition) is 0. The molecule has 122 valence electrons. The van der Waals surface area contributed by atoms with Crippen LogP contribution in [-0.4, -0.2) is 69.4 Å². The molecule has 0 aliphatic carbocycles. The van der Waals surface area contributed by atoms with Crippen molar-refractivity contribution >= 4 is 0 Å². The highest BCUT2D eigenvalue weighted by atomic mass is 16.5. The van der Waals surface area contributed by atoms with Crippen LogP contribution < -0.4 is 4.74 Å². The second-order valence-corrected chi connectivity index (χ2v) is 6.53. The van der Waals surface area contributed by atoms with E-state index in [1.807, 2.05) is 0 Å². The first-order chi connectivity index (χ1) is 10.8. The van der Waals surface area contributed by atoms with E-state index in [4.69, 9.17) is 9.47 Å². The van der Waals surface area contributed by atoms with Crippen molar-refractivity contribution in [1.29, 1.82) is 0 Å². The quantitative estimate of drug-likeness (QED) is 0.829. The SMILES string of the molecule is CN(CCN1CCOCC1)CC1CCOc2ccccc2C1. The Morgan fingerprint density at radius 2 is 2.00 bits per heavy atom. The summed E-state index contributed by atoms with van der Waals surface area (Å²) >= 11 is 0. The molecule has 1 saturated heterocycles. The summed E-state index contributed by atoms with van der Waals surface area (Å²) in [6.45, 7) is 8.23. The summed E-state index contributed by atoms with van der Waals surface area (Å²) in [6.07, 6.45) is 2.29. The minimum absolute atomic E-state index is 0.693. The third kappa shape index (κ3) is 4.45. The zero-order valence-electron chi connectivity index (χ0n) is 13.7. The van der Waals surface area contributed by atoms with Gasteiger partial charge in [-0.15, -0.1) is 0 Å². The fourth-order valence-electron chi connectivity index (χ4n) is 3.39. The van der Waals surface area contributed by atoms with E-state index >= 15 is 0 Å². The van der Waals surface area contributed by atoms with Crippen LogP contribution in [0.1, 0.15) is 12.0 Å². The highest BCUT2D eigenvalue weighted by molar-refractivity contribution is 5.34. The number of ether oxygens (including phenoxy) is 2. The predicted octanol–water partition coefficient (Wildman–Crippen LogP) is 1.89. The summed E-state index contributed by atoms with van der Waals surface area (Å²) in [6, 6.07) is 8.49. The van der Waals surface area contributed by atoms with Crippen molar-refractivity contribution in [2.75, 3.05) is 59.6 Å². The number of para-hydroxylation sites is 1. The minimum Gasteiger partial charge on any atom is -0.493 e. The van der Waals surface area contributed by atoms with Crippen molar-refractivity contribution in [3.63, 3.8) is 0 Å². The molecule has 1 atom stereocenters. The van der Waals surface area contributed by atoms with Gasteiger partial charge in [0.05, 0.1) is 19.8 Å². The smallest absolute Gasteiger partial charge is 0.122 e. The minimum atomic E-state index is 0.693. The van der Waals surface area contributed by atoms with E-state index < -0.39 is 0 Å². The lowest BCUT2D eigenvalue weighted by Gasteiger charge is -2.29. The molecule has 0 radical (unpaired) electrons. The molecular weight excluding hydrogens is 276 g/mol. The third-order valence-corrected chi connectivity index (χ3v) is 4.74. The first-order valence-corrected chi connectivity index (χ1v) is 8.50. The van der Waals surface area contributed by atoms with Gasteiger partial charge in [0.15, 0.2) is 0 Å². The van der Waals surface area contributed by atoms with Gasteiger partial charge < -0.3 is 14.4 Å². The number of nitrogens with zero attached hydrogens (tertiary/aromatic N) is 2. The maximum atomic E-state index is 5.87. The van der Waals surface area contributed by atoms with Crippen LogP contribution in [0.5, 0.6) is 5.75 Å². The molecule has 0 aromatic heterocycles. The van der Waals surface area contributed by atoms with Gasteiger partial charge in [0.1, 0.15) is 5.75 Å². The summed E-state index contributed by atoms with van der Waals surface area (Å²) in [7, 11) is 2.25. The van der Waals surface area contributed by atoms with Gasteiger partial charge in [-0.3, -0.25) is 4.90 Å². The molecule has 0 saturated carbocycles. The summed E-state index contributed by atoms with van der Waals surface area (Å²) in [4.78, 5) is 4.99. The fraction of sp³-hybridized carbons (Fsp3) is 0.667. The second kappa shape index (κ2) is 7.95. The number of rotatable bonds is 5. The first-order valence-electron chi connectivity index (χ1n) is 8.50. The predicted molar refractivity (Wildman–Crippen MR) is 88.5 cm³/mol. The van der Waals surface area contributed by atoms with Crippen LogP contribution in [0.4, 0.5) is 0 Å². The molecule has 2 aliphatic heterocycles. The molecule has 0 N–H and O–H groups in total. The zero-order valence-corrected chi connectivity index (χ0v) is 13.7.